The first kappa shape index (κ1) is 16.5. The normalized spacial score (nSPS) is 15.3. The molecule has 2 aromatic carbocycles. The lowest BCUT2D eigenvalue weighted by Crippen LogP contribution is -2.35. The number of alkyl halides is 3. The Morgan fingerprint density at radius 2 is 1.92 bits per heavy atom. The summed E-state index contributed by atoms with van der Waals surface area (Å²) in [4.78, 5) is 2.67. The lowest BCUT2D eigenvalue weighted by atomic mass is 9.95. The Labute approximate surface area is 133 Å². The Bertz CT molecular complexity index is 968. The molecule has 0 fully saturated rings. The number of halogens is 3. The zero-order valence-corrected chi connectivity index (χ0v) is 12.7. The highest BCUT2D eigenvalue weighted by Crippen LogP contribution is 2.35. The molecular weight excluding hydrogens is 349 g/mol. The molecule has 0 N–H and O–H groups in total. The smallest absolute Gasteiger partial charge is 0.188 e. The van der Waals surface area contributed by atoms with Crippen LogP contribution in [0, 0.1) is 0 Å². The predicted octanol–water partition coefficient (Wildman–Crippen LogP) is 3.88. The number of benzene rings is 2. The van der Waals surface area contributed by atoms with Crippen molar-refractivity contribution >= 4 is 26.6 Å². The second kappa shape index (κ2) is 5.64. The average Bonchev–Trinajstić information content (AvgIpc) is 2.45. The summed E-state index contributed by atoms with van der Waals surface area (Å²) in [6, 6.07) is 8.23. The summed E-state index contributed by atoms with van der Waals surface area (Å²) in [5.41, 5.74) is 4.42. The summed E-state index contributed by atoms with van der Waals surface area (Å²) >= 11 is 0. The number of hydrogen-bond acceptors (Lipinski definition) is 5. The van der Waals surface area contributed by atoms with Gasteiger partial charge in [0.2, 0.25) is 0 Å². The third-order valence-electron chi connectivity index (χ3n) is 3.47. The Hall–Kier alpha value is -2.33. The van der Waals surface area contributed by atoms with Gasteiger partial charge >= 0.3 is 15.6 Å². The number of rotatable bonds is 3. The van der Waals surface area contributed by atoms with Gasteiger partial charge in [-0.3, -0.25) is 0 Å². The summed E-state index contributed by atoms with van der Waals surface area (Å²) < 4.78 is 64.0. The van der Waals surface area contributed by atoms with E-state index in [0.717, 1.165) is 10.8 Å². The summed E-state index contributed by atoms with van der Waals surface area (Å²) in [6.07, 6.45) is 0. The highest BCUT2D eigenvalue weighted by Gasteiger charge is 2.49. The van der Waals surface area contributed by atoms with Gasteiger partial charge in [-0.15, -0.1) is 0 Å². The van der Waals surface area contributed by atoms with Crippen molar-refractivity contribution < 1.29 is 25.9 Å². The fourth-order valence-corrected chi connectivity index (χ4v) is 3.09. The molecule has 126 valence electrons. The van der Waals surface area contributed by atoms with Crippen molar-refractivity contribution in [3.63, 3.8) is 0 Å². The molecule has 7 nitrogen and oxygen atoms in total. The number of nitrogens with zero attached hydrogens (tertiary/aromatic N) is 4. The van der Waals surface area contributed by atoms with E-state index in [1.54, 1.807) is 24.3 Å². The molecule has 0 aliphatic carbocycles. The zero-order valence-electron chi connectivity index (χ0n) is 11.9. The van der Waals surface area contributed by atoms with Gasteiger partial charge in [0.25, 0.3) is 0 Å². The average molecular weight is 358 g/mol. The predicted molar refractivity (Wildman–Crippen MR) is 78.1 cm³/mol. The maximum absolute atomic E-state index is 12.5. The molecule has 1 aliphatic heterocycles. The molecule has 3 rings (SSSR count). The first-order valence-electron chi connectivity index (χ1n) is 6.57. The van der Waals surface area contributed by atoms with Crippen LogP contribution in [0.15, 0.2) is 35.4 Å². The first-order valence-corrected chi connectivity index (χ1v) is 7.97. The van der Waals surface area contributed by atoms with Gasteiger partial charge < -0.3 is 0 Å². The van der Waals surface area contributed by atoms with Crippen LogP contribution in [0.3, 0.4) is 0 Å². The highest BCUT2D eigenvalue weighted by molar-refractivity contribution is 7.87. The van der Waals surface area contributed by atoms with Crippen LogP contribution in [0.2, 0.25) is 0 Å². The highest BCUT2D eigenvalue weighted by atomic mass is 32.2. The molecule has 0 aromatic heterocycles. The van der Waals surface area contributed by atoms with Crippen molar-refractivity contribution in [2.24, 2.45) is 5.11 Å². The lowest BCUT2D eigenvalue weighted by molar-refractivity contribution is -0.112. The summed E-state index contributed by atoms with van der Waals surface area (Å²) in [7, 11) is -5.75. The minimum absolute atomic E-state index is 0.124. The van der Waals surface area contributed by atoms with Gasteiger partial charge in [0.1, 0.15) is 0 Å². The van der Waals surface area contributed by atoms with Crippen LogP contribution in [-0.4, -0.2) is 19.0 Å². The fraction of sp³-hybridized carbons (Fsp3) is 0.231. The van der Waals surface area contributed by atoms with Gasteiger partial charge in [0.15, 0.2) is 0 Å². The van der Waals surface area contributed by atoms with Crippen molar-refractivity contribution in [1.82, 2.24) is 5.06 Å². The quantitative estimate of drug-likeness (QED) is 0.360. The molecule has 0 bridgehead atoms. The summed E-state index contributed by atoms with van der Waals surface area (Å²) in [5.74, 6) is 0. The molecule has 2 aromatic rings. The lowest BCUT2D eigenvalue weighted by Gasteiger charge is -2.28. The van der Waals surface area contributed by atoms with Gasteiger partial charge in [0.05, 0.1) is 13.1 Å². The van der Waals surface area contributed by atoms with E-state index in [2.05, 4.69) is 14.3 Å². The van der Waals surface area contributed by atoms with E-state index < -0.39 is 15.6 Å². The van der Waals surface area contributed by atoms with E-state index in [0.29, 0.717) is 16.2 Å². The molecule has 0 spiro atoms. The van der Waals surface area contributed by atoms with Gasteiger partial charge in [-0.2, -0.15) is 30.9 Å². The van der Waals surface area contributed by atoms with E-state index >= 15 is 0 Å². The van der Waals surface area contributed by atoms with Crippen LogP contribution in [-0.2, 0) is 27.5 Å². The maximum atomic E-state index is 12.5. The second-order valence-electron chi connectivity index (χ2n) is 5.08. The van der Waals surface area contributed by atoms with E-state index in [1.807, 2.05) is 0 Å². The zero-order chi connectivity index (χ0) is 17.5. The van der Waals surface area contributed by atoms with Gasteiger partial charge in [0, 0.05) is 10.6 Å². The molecule has 0 unspecified atom stereocenters. The van der Waals surface area contributed by atoms with Crippen LogP contribution < -0.4 is 0 Å². The van der Waals surface area contributed by atoms with Crippen molar-refractivity contribution in [3.05, 3.63) is 51.9 Å². The summed E-state index contributed by atoms with van der Waals surface area (Å²) in [6.45, 7) is -0.321. The Morgan fingerprint density at radius 1 is 1.21 bits per heavy atom. The molecule has 0 saturated carbocycles. The molecule has 11 heteroatoms. The SMILES string of the molecule is [N-]=[N+]=Nc1cc2c3c(cccc3c1)CN(OS(=O)(=O)C(F)(F)F)C2. The Balaban J connectivity index is 2.03. The van der Waals surface area contributed by atoms with E-state index in [-0.39, 0.29) is 18.8 Å². The van der Waals surface area contributed by atoms with Crippen LogP contribution in [0.1, 0.15) is 11.1 Å². The standard InChI is InChI=1S/C13H9F3N4O3S/c14-13(15,16)24(21,22)23-20-6-9-3-1-2-8-4-11(18-19-17)5-10(7-20)12(8)9/h1-5H,6-7H2. The van der Waals surface area contributed by atoms with E-state index in [4.69, 9.17) is 5.53 Å². The summed E-state index contributed by atoms with van der Waals surface area (Å²) in [5, 5.41) is 5.71. The van der Waals surface area contributed by atoms with Crippen molar-refractivity contribution in [3.8, 4) is 0 Å². The molecule has 0 radical (unpaired) electrons. The molecule has 1 heterocycles. The second-order valence-corrected chi connectivity index (χ2v) is 6.60. The fourth-order valence-electron chi connectivity index (χ4n) is 2.62. The molecule has 1 aliphatic rings. The molecule has 0 atom stereocenters. The monoisotopic (exact) mass is 358 g/mol. The van der Waals surface area contributed by atoms with Gasteiger partial charge in [-0.25, -0.2) is 0 Å². The largest absolute Gasteiger partial charge is 0.524 e. The minimum atomic E-state index is -5.75. The number of azide groups is 1. The molecule has 0 amide bonds. The van der Waals surface area contributed by atoms with Crippen molar-refractivity contribution in [1.29, 1.82) is 0 Å². The van der Waals surface area contributed by atoms with Crippen LogP contribution >= 0.6 is 0 Å². The van der Waals surface area contributed by atoms with Crippen LogP contribution in [0.4, 0.5) is 18.9 Å². The van der Waals surface area contributed by atoms with Gasteiger partial charge in [-0.1, -0.05) is 23.3 Å². The molecule has 24 heavy (non-hydrogen) atoms. The molecular formula is C13H9F3N4O3S. The maximum Gasteiger partial charge on any atom is 0.524 e. The molecule has 0 saturated heterocycles. The third kappa shape index (κ3) is 2.89. The van der Waals surface area contributed by atoms with Gasteiger partial charge in [-0.05, 0) is 39.6 Å². The Morgan fingerprint density at radius 3 is 2.58 bits per heavy atom. The topological polar surface area (TPSA) is 95.4 Å². The first-order chi connectivity index (χ1) is 11.2. The number of hydroxylamine groups is 2. The van der Waals surface area contributed by atoms with Crippen LogP contribution in [0.25, 0.3) is 21.2 Å². The van der Waals surface area contributed by atoms with E-state index in [1.165, 1.54) is 6.07 Å². The minimum Gasteiger partial charge on any atom is -0.188 e. The Kier molecular flexibility index (Phi) is 3.88. The van der Waals surface area contributed by atoms with Crippen molar-refractivity contribution in [2.75, 3.05) is 0 Å². The third-order valence-corrected chi connectivity index (χ3v) is 4.44. The van der Waals surface area contributed by atoms with E-state index in [9.17, 15) is 21.6 Å². The van der Waals surface area contributed by atoms with Crippen LogP contribution in [0.5, 0.6) is 0 Å². The van der Waals surface area contributed by atoms with Crippen molar-refractivity contribution in [2.45, 2.75) is 18.6 Å². The number of hydrogen-bond donors (Lipinski definition) is 0.